The zero-order valence-corrected chi connectivity index (χ0v) is 17.1. The van der Waals surface area contributed by atoms with Crippen LogP contribution in [0.25, 0.3) is 11.3 Å². The van der Waals surface area contributed by atoms with Crippen LogP contribution in [0.4, 0.5) is 13.9 Å². The van der Waals surface area contributed by atoms with E-state index in [2.05, 4.69) is 10.3 Å². The molecule has 3 aromatic rings. The van der Waals surface area contributed by atoms with Crippen molar-refractivity contribution >= 4 is 40.1 Å². The number of ether oxygens (including phenoxy) is 1. The Bertz CT molecular complexity index is 1060. The fraction of sp³-hybridized carbons (Fsp3) is 0.150. The number of hydrogen-bond acceptors (Lipinski definition) is 6. The largest absolute Gasteiger partial charge is 0.468 e. The molecule has 1 N–H and O–H groups in total. The Balaban J connectivity index is 1.77. The van der Waals surface area contributed by atoms with Crippen molar-refractivity contribution in [3.8, 4) is 11.3 Å². The van der Waals surface area contributed by atoms with Gasteiger partial charge in [-0.2, -0.15) is 0 Å². The third-order valence-electron chi connectivity index (χ3n) is 3.91. The van der Waals surface area contributed by atoms with Crippen LogP contribution in [0.1, 0.15) is 17.3 Å². The molecule has 0 fully saturated rings. The molecular formula is C20H16F2N2O3S2. The number of nitrogens with one attached hydrogen (secondary N) is 1. The van der Waals surface area contributed by atoms with E-state index in [1.807, 2.05) is 0 Å². The van der Waals surface area contributed by atoms with Gasteiger partial charge in [0.1, 0.15) is 5.25 Å². The first kappa shape index (κ1) is 20.9. The molecule has 0 saturated carbocycles. The lowest BCUT2D eigenvalue weighted by atomic mass is 10.2. The molecule has 9 heteroatoms. The number of carbonyl (C=O) groups excluding carboxylic acids is 2. The molecule has 1 atom stereocenters. The summed E-state index contributed by atoms with van der Waals surface area (Å²) in [6, 6.07) is 10.4. The molecular weight excluding hydrogens is 418 g/mol. The number of carbonyl (C=O) groups is 2. The van der Waals surface area contributed by atoms with Gasteiger partial charge in [0.25, 0.3) is 5.91 Å². The Morgan fingerprint density at radius 1 is 1.17 bits per heavy atom. The van der Waals surface area contributed by atoms with Crippen molar-refractivity contribution in [3.05, 3.63) is 65.0 Å². The Kier molecular flexibility index (Phi) is 6.60. The smallest absolute Gasteiger partial charge is 0.318 e. The maximum atomic E-state index is 13.4. The fourth-order valence-corrected chi connectivity index (χ4v) is 4.18. The molecule has 2 aromatic carbocycles. The quantitative estimate of drug-likeness (QED) is 0.437. The number of benzene rings is 2. The minimum absolute atomic E-state index is 0.315. The molecule has 1 aromatic heterocycles. The number of thioether (sulfide) groups is 1. The molecule has 0 aliphatic rings. The number of rotatable bonds is 6. The lowest BCUT2D eigenvalue weighted by Gasteiger charge is -2.12. The summed E-state index contributed by atoms with van der Waals surface area (Å²) in [5, 5.41) is 4.18. The number of methoxy groups -OCH3 is 1. The fourth-order valence-electron chi connectivity index (χ4n) is 2.45. The summed E-state index contributed by atoms with van der Waals surface area (Å²) in [7, 11) is 1.31. The number of hydrogen-bond donors (Lipinski definition) is 1. The number of esters is 1. The molecule has 1 unspecified atom stereocenters. The normalized spacial score (nSPS) is 11.7. The third kappa shape index (κ3) is 4.99. The first-order valence-electron chi connectivity index (χ1n) is 8.45. The molecule has 1 heterocycles. The zero-order chi connectivity index (χ0) is 21.0. The van der Waals surface area contributed by atoms with Gasteiger partial charge >= 0.3 is 5.97 Å². The minimum atomic E-state index is -0.966. The Morgan fingerprint density at radius 3 is 2.66 bits per heavy atom. The van der Waals surface area contributed by atoms with E-state index in [4.69, 9.17) is 4.74 Å². The average molecular weight is 434 g/mol. The first-order valence-corrected chi connectivity index (χ1v) is 10.2. The van der Waals surface area contributed by atoms with Gasteiger partial charge in [-0.05, 0) is 37.3 Å². The highest BCUT2D eigenvalue weighted by atomic mass is 32.2. The predicted octanol–water partition coefficient (Wildman–Crippen LogP) is 4.99. The predicted molar refractivity (Wildman–Crippen MR) is 109 cm³/mol. The monoisotopic (exact) mass is 434 g/mol. The maximum absolute atomic E-state index is 13.4. The van der Waals surface area contributed by atoms with Crippen LogP contribution in [-0.4, -0.2) is 29.2 Å². The van der Waals surface area contributed by atoms with Crippen LogP contribution in [0, 0.1) is 11.6 Å². The average Bonchev–Trinajstić information content (AvgIpc) is 3.18. The molecule has 3 rings (SSSR count). The highest BCUT2D eigenvalue weighted by Crippen LogP contribution is 2.30. The van der Waals surface area contributed by atoms with E-state index < -0.39 is 22.8 Å². The van der Waals surface area contributed by atoms with Crippen LogP contribution >= 0.6 is 23.1 Å². The summed E-state index contributed by atoms with van der Waals surface area (Å²) in [6.07, 6.45) is 0. The van der Waals surface area contributed by atoms with Gasteiger partial charge < -0.3 is 4.74 Å². The van der Waals surface area contributed by atoms with Gasteiger partial charge in [-0.25, -0.2) is 13.8 Å². The summed E-state index contributed by atoms with van der Waals surface area (Å²) in [5.74, 6) is -2.68. The highest BCUT2D eigenvalue weighted by molar-refractivity contribution is 8.00. The van der Waals surface area contributed by atoms with Gasteiger partial charge in [-0.15, -0.1) is 23.1 Å². The Labute approximate surface area is 174 Å². The molecule has 1 amide bonds. The van der Waals surface area contributed by atoms with Crippen molar-refractivity contribution in [2.24, 2.45) is 0 Å². The maximum Gasteiger partial charge on any atom is 0.318 e. The Hall–Kier alpha value is -2.78. The van der Waals surface area contributed by atoms with E-state index in [-0.39, 0.29) is 5.97 Å². The Morgan fingerprint density at radius 2 is 1.93 bits per heavy atom. The second-order valence-corrected chi connectivity index (χ2v) is 8.14. The van der Waals surface area contributed by atoms with Crippen molar-refractivity contribution in [1.82, 2.24) is 4.98 Å². The van der Waals surface area contributed by atoms with E-state index >= 15 is 0 Å². The van der Waals surface area contributed by atoms with E-state index in [9.17, 15) is 18.4 Å². The van der Waals surface area contributed by atoms with E-state index in [0.717, 1.165) is 12.1 Å². The van der Waals surface area contributed by atoms with E-state index in [1.165, 1.54) is 36.3 Å². The summed E-state index contributed by atoms with van der Waals surface area (Å²) in [6.45, 7) is 1.69. The second-order valence-electron chi connectivity index (χ2n) is 5.90. The summed E-state index contributed by atoms with van der Waals surface area (Å²) in [5.41, 5.74) is 1.22. The van der Waals surface area contributed by atoms with Gasteiger partial charge in [0.05, 0.1) is 18.4 Å². The van der Waals surface area contributed by atoms with Gasteiger partial charge in [-0.3, -0.25) is 14.9 Å². The number of nitrogens with zero attached hydrogens (tertiary/aromatic N) is 1. The molecule has 29 heavy (non-hydrogen) atoms. The van der Waals surface area contributed by atoms with Crippen molar-refractivity contribution in [2.75, 3.05) is 12.4 Å². The SMILES string of the molecule is COC(=O)C(C)Sc1ccccc1C(=O)Nc1nc(-c2ccc(F)c(F)c2)cs1. The molecule has 0 bridgehead atoms. The van der Waals surface area contributed by atoms with E-state index in [1.54, 1.807) is 36.6 Å². The molecule has 0 aliphatic carbocycles. The van der Waals surface area contributed by atoms with Gasteiger partial charge in [-0.1, -0.05) is 12.1 Å². The van der Waals surface area contributed by atoms with Crippen molar-refractivity contribution in [1.29, 1.82) is 0 Å². The number of aromatic nitrogens is 1. The minimum Gasteiger partial charge on any atom is -0.468 e. The number of anilines is 1. The summed E-state index contributed by atoms with van der Waals surface area (Å²) >= 11 is 2.38. The third-order valence-corrected chi connectivity index (χ3v) is 5.82. The second kappa shape index (κ2) is 9.15. The van der Waals surface area contributed by atoms with Gasteiger partial charge in [0, 0.05) is 15.8 Å². The van der Waals surface area contributed by atoms with Crippen molar-refractivity contribution < 1.29 is 23.1 Å². The van der Waals surface area contributed by atoms with Gasteiger partial charge in [0.2, 0.25) is 0 Å². The lowest BCUT2D eigenvalue weighted by molar-refractivity contribution is -0.139. The number of amides is 1. The van der Waals surface area contributed by atoms with Crippen LogP contribution in [0.15, 0.2) is 52.7 Å². The molecule has 0 radical (unpaired) electrons. The lowest BCUT2D eigenvalue weighted by Crippen LogP contribution is -2.17. The van der Waals surface area contributed by atoms with Crippen LogP contribution in [0.5, 0.6) is 0 Å². The van der Waals surface area contributed by atoms with Crippen molar-refractivity contribution in [2.45, 2.75) is 17.1 Å². The zero-order valence-electron chi connectivity index (χ0n) is 15.4. The van der Waals surface area contributed by atoms with Crippen molar-refractivity contribution in [3.63, 3.8) is 0 Å². The standard InChI is InChI=1S/C20H16F2N2O3S2/c1-11(19(26)27-2)29-17-6-4-3-5-13(17)18(25)24-20-23-16(10-28-20)12-7-8-14(21)15(22)9-12/h3-11H,1-2H3,(H,23,24,25). The van der Waals surface area contributed by atoms with Crippen LogP contribution in [-0.2, 0) is 9.53 Å². The molecule has 0 spiro atoms. The molecule has 0 saturated heterocycles. The topological polar surface area (TPSA) is 68.3 Å². The van der Waals surface area contributed by atoms with Crippen LogP contribution in [0.3, 0.4) is 0 Å². The van der Waals surface area contributed by atoms with Gasteiger partial charge in [0.15, 0.2) is 16.8 Å². The summed E-state index contributed by atoms with van der Waals surface area (Å²) in [4.78, 5) is 29.3. The molecule has 5 nitrogen and oxygen atoms in total. The molecule has 150 valence electrons. The summed E-state index contributed by atoms with van der Waals surface area (Å²) < 4.78 is 31.3. The first-order chi connectivity index (χ1) is 13.9. The van der Waals surface area contributed by atoms with Crippen LogP contribution in [0.2, 0.25) is 0 Å². The van der Waals surface area contributed by atoms with E-state index in [0.29, 0.717) is 26.8 Å². The molecule has 0 aliphatic heterocycles. The number of halogens is 2. The number of thiazole rings is 1. The van der Waals surface area contributed by atoms with Crippen LogP contribution < -0.4 is 5.32 Å². The highest BCUT2D eigenvalue weighted by Gasteiger charge is 2.19.